The highest BCUT2D eigenvalue weighted by Gasteiger charge is 2.26. The van der Waals surface area contributed by atoms with Gasteiger partial charge in [0.25, 0.3) is 5.91 Å². The molecule has 182 valence electrons. The molecular weight excluding hydrogens is 486 g/mol. The Bertz CT molecular complexity index is 1520. The van der Waals surface area contributed by atoms with Crippen molar-refractivity contribution < 1.29 is 17.9 Å². The topological polar surface area (TPSA) is 106 Å². The minimum Gasteiger partial charge on any atom is -0.379 e. The quantitative estimate of drug-likeness (QED) is 0.438. The van der Waals surface area contributed by atoms with E-state index in [1.165, 1.54) is 39.9 Å². The van der Waals surface area contributed by atoms with Crippen LogP contribution in [-0.2, 0) is 14.8 Å². The fourth-order valence-electron chi connectivity index (χ4n) is 4.09. The molecule has 0 atom stereocenters. The molecule has 4 aromatic rings. The molecule has 0 radical (unpaired) electrons. The summed E-state index contributed by atoms with van der Waals surface area (Å²) in [4.78, 5) is 17.9. The third kappa shape index (κ3) is 4.59. The molecular formula is C24H25N5O4S2. The number of thiazole rings is 1. The van der Waals surface area contributed by atoms with Crippen molar-refractivity contribution >= 4 is 43.3 Å². The van der Waals surface area contributed by atoms with E-state index in [0.717, 1.165) is 27.0 Å². The van der Waals surface area contributed by atoms with Crippen molar-refractivity contribution in [3.8, 4) is 5.13 Å². The fraction of sp³-hybridized carbons (Fsp3) is 0.292. The molecule has 2 aromatic carbocycles. The van der Waals surface area contributed by atoms with E-state index in [-0.39, 0.29) is 10.8 Å². The van der Waals surface area contributed by atoms with Crippen LogP contribution in [0.2, 0.25) is 0 Å². The number of nitrogens with zero attached hydrogens (tertiary/aromatic N) is 4. The minimum atomic E-state index is -3.62. The number of fused-ring (bicyclic) bond motifs is 1. The van der Waals surface area contributed by atoms with Gasteiger partial charge in [0.2, 0.25) is 15.2 Å². The van der Waals surface area contributed by atoms with E-state index < -0.39 is 10.0 Å². The number of hydrogen-bond donors (Lipinski definition) is 1. The molecule has 1 saturated heterocycles. The molecule has 1 fully saturated rings. The third-order valence-electron chi connectivity index (χ3n) is 5.80. The maximum absolute atomic E-state index is 13.0. The summed E-state index contributed by atoms with van der Waals surface area (Å²) in [5.41, 5.74) is 4.24. The number of amides is 1. The number of benzene rings is 2. The van der Waals surface area contributed by atoms with Gasteiger partial charge in [-0.05, 0) is 62.2 Å². The van der Waals surface area contributed by atoms with E-state index in [1.807, 2.05) is 20.8 Å². The average molecular weight is 512 g/mol. The Morgan fingerprint density at radius 3 is 2.49 bits per heavy atom. The third-order valence-corrected chi connectivity index (χ3v) is 8.69. The number of ether oxygens (including phenoxy) is 1. The van der Waals surface area contributed by atoms with Crippen LogP contribution in [0, 0.1) is 20.8 Å². The first-order chi connectivity index (χ1) is 16.7. The summed E-state index contributed by atoms with van der Waals surface area (Å²) < 4.78 is 35.0. The Labute approximate surface area is 207 Å². The lowest BCUT2D eigenvalue weighted by Gasteiger charge is -2.26. The smallest absolute Gasteiger partial charge is 0.256 e. The van der Waals surface area contributed by atoms with Crippen molar-refractivity contribution in [2.45, 2.75) is 25.7 Å². The van der Waals surface area contributed by atoms with E-state index in [9.17, 15) is 13.2 Å². The van der Waals surface area contributed by atoms with Crippen LogP contribution >= 0.6 is 11.3 Å². The van der Waals surface area contributed by atoms with E-state index in [0.29, 0.717) is 42.8 Å². The van der Waals surface area contributed by atoms with Gasteiger partial charge in [-0.2, -0.15) is 14.1 Å². The molecule has 0 bridgehead atoms. The molecule has 1 N–H and O–H groups in total. The first-order valence-electron chi connectivity index (χ1n) is 11.2. The molecule has 0 aliphatic carbocycles. The normalized spacial score (nSPS) is 14.9. The number of anilines is 1. The molecule has 9 nitrogen and oxygen atoms in total. The van der Waals surface area contributed by atoms with Gasteiger partial charge in [0.1, 0.15) is 5.82 Å². The van der Waals surface area contributed by atoms with Gasteiger partial charge in [0.05, 0.1) is 34.0 Å². The number of sulfonamides is 1. The molecule has 5 rings (SSSR count). The summed E-state index contributed by atoms with van der Waals surface area (Å²) in [6.45, 7) is 7.31. The van der Waals surface area contributed by atoms with Crippen LogP contribution in [0.25, 0.3) is 15.3 Å². The lowest BCUT2D eigenvalue weighted by Crippen LogP contribution is -2.40. The Balaban J connectivity index is 1.39. The number of carbonyl (C=O) groups is 1. The number of aromatic nitrogens is 3. The van der Waals surface area contributed by atoms with Crippen molar-refractivity contribution in [3.63, 3.8) is 0 Å². The highest BCUT2D eigenvalue weighted by molar-refractivity contribution is 7.89. The van der Waals surface area contributed by atoms with Gasteiger partial charge in [-0.3, -0.25) is 4.79 Å². The average Bonchev–Trinajstić information content (AvgIpc) is 3.42. The fourth-order valence-corrected chi connectivity index (χ4v) is 6.60. The summed E-state index contributed by atoms with van der Waals surface area (Å²) in [6.07, 6.45) is 0. The number of aryl methyl sites for hydroxylation is 3. The largest absolute Gasteiger partial charge is 0.379 e. The number of nitrogens with one attached hydrogen (secondary N) is 1. The highest BCUT2D eigenvalue weighted by Crippen LogP contribution is 2.30. The molecule has 3 heterocycles. The highest BCUT2D eigenvalue weighted by atomic mass is 32.2. The molecule has 1 amide bonds. The van der Waals surface area contributed by atoms with Crippen LogP contribution in [0.5, 0.6) is 0 Å². The van der Waals surface area contributed by atoms with E-state index in [2.05, 4.69) is 22.5 Å². The zero-order chi connectivity index (χ0) is 24.7. The van der Waals surface area contributed by atoms with Crippen LogP contribution in [0.4, 0.5) is 5.82 Å². The van der Waals surface area contributed by atoms with E-state index in [4.69, 9.17) is 9.72 Å². The Morgan fingerprint density at radius 2 is 1.77 bits per heavy atom. The molecule has 35 heavy (non-hydrogen) atoms. The number of rotatable bonds is 5. The van der Waals surface area contributed by atoms with Crippen molar-refractivity contribution in [1.82, 2.24) is 19.1 Å². The van der Waals surface area contributed by atoms with E-state index in [1.54, 1.807) is 10.7 Å². The standard InChI is InChI=1S/C24H25N5O4S2/c1-15-12-16(2)22-20(13-15)34-24(26-22)29-21(14-17(3)27-29)25-23(30)18-4-6-19(7-5-18)35(31,32)28-8-10-33-11-9-28/h4-7,12-14H,8-11H2,1-3H3,(H,25,30). The maximum atomic E-state index is 13.0. The van der Waals surface area contributed by atoms with Gasteiger partial charge >= 0.3 is 0 Å². The molecule has 1 aliphatic heterocycles. The monoisotopic (exact) mass is 511 g/mol. The minimum absolute atomic E-state index is 0.150. The lowest BCUT2D eigenvalue weighted by molar-refractivity contribution is 0.0730. The van der Waals surface area contributed by atoms with Gasteiger partial charge < -0.3 is 10.1 Å². The zero-order valence-electron chi connectivity index (χ0n) is 19.6. The predicted molar refractivity (Wildman–Crippen MR) is 135 cm³/mol. The van der Waals surface area contributed by atoms with E-state index >= 15 is 0 Å². The van der Waals surface area contributed by atoms with Crippen molar-refractivity contribution in [3.05, 3.63) is 64.8 Å². The summed E-state index contributed by atoms with van der Waals surface area (Å²) in [7, 11) is -3.62. The molecule has 2 aromatic heterocycles. The Morgan fingerprint density at radius 1 is 1.06 bits per heavy atom. The number of carbonyl (C=O) groups excluding carboxylic acids is 1. The second kappa shape index (κ2) is 9.15. The first-order valence-corrected chi connectivity index (χ1v) is 13.4. The van der Waals surface area contributed by atoms with Gasteiger partial charge in [0, 0.05) is 24.7 Å². The van der Waals surface area contributed by atoms with Crippen molar-refractivity contribution in [2.24, 2.45) is 0 Å². The summed E-state index contributed by atoms with van der Waals surface area (Å²) in [6, 6.07) is 11.9. The van der Waals surface area contributed by atoms with Crippen molar-refractivity contribution in [1.29, 1.82) is 0 Å². The van der Waals surface area contributed by atoms with Crippen LogP contribution in [0.15, 0.2) is 47.4 Å². The summed E-state index contributed by atoms with van der Waals surface area (Å²) in [5.74, 6) is 0.126. The zero-order valence-corrected chi connectivity index (χ0v) is 21.2. The Kier molecular flexibility index (Phi) is 6.18. The van der Waals surface area contributed by atoms with Crippen LogP contribution in [-0.4, -0.2) is 59.7 Å². The maximum Gasteiger partial charge on any atom is 0.256 e. The summed E-state index contributed by atoms with van der Waals surface area (Å²) >= 11 is 1.51. The van der Waals surface area contributed by atoms with Gasteiger partial charge in [0.15, 0.2) is 0 Å². The SMILES string of the molecule is Cc1cc(C)c2nc(-n3nc(C)cc3NC(=O)c3ccc(S(=O)(=O)N4CCOCC4)cc3)sc2c1. The van der Waals surface area contributed by atoms with Gasteiger partial charge in [-0.25, -0.2) is 13.4 Å². The molecule has 11 heteroatoms. The number of hydrogen-bond acceptors (Lipinski definition) is 7. The molecule has 0 unspecified atom stereocenters. The molecule has 0 saturated carbocycles. The second-order valence-electron chi connectivity index (χ2n) is 8.50. The van der Waals surface area contributed by atoms with Gasteiger partial charge in [-0.15, -0.1) is 0 Å². The van der Waals surface area contributed by atoms with Crippen molar-refractivity contribution in [2.75, 3.05) is 31.6 Å². The second-order valence-corrected chi connectivity index (χ2v) is 11.4. The summed E-state index contributed by atoms with van der Waals surface area (Å²) in [5, 5.41) is 8.07. The Hall–Kier alpha value is -3.12. The number of morpholine rings is 1. The lowest BCUT2D eigenvalue weighted by atomic mass is 10.1. The first kappa shape index (κ1) is 23.6. The van der Waals surface area contributed by atoms with Crippen LogP contribution < -0.4 is 5.32 Å². The van der Waals surface area contributed by atoms with Crippen LogP contribution in [0.1, 0.15) is 27.2 Å². The molecule has 0 spiro atoms. The van der Waals surface area contributed by atoms with Gasteiger partial charge in [-0.1, -0.05) is 17.4 Å². The van der Waals surface area contributed by atoms with Crippen LogP contribution in [0.3, 0.4) is 0 Å². The predicted octanol–water partition coefficient (Wildman–Crippen LogP) is 3.68. The molecule has 1 aliphatic rings.